The summed E-state index contributed by atoms with van der Waals surface area (Å²) in [6.07, 6.45) is 1.61. The summed E-state index contributed by atoms with van der Waals surface area (Å²) in [5.41, 5.74) is 4.19. The van der Waals surface area contributed by atoms with Gasteiger partial charge in [0, 0.05) is 32.1 Å². The van der Waals surface area contributed by atoms with Crippen LogP contribution in [0.1, 0.15) is 21.5 Å². The first-order valence-corrected chi connectivity index (χ1v) is 18.0. The number of halogens is 1. The van der Waals surface area contributed by atoms with Crippen molar-refractivity contribution in [1.82, 2.24) is 10.3 Å². The van der Waals surface area contributed by atoms with Gasteiger partial charge in [-0.05, 0) is 65.7 Å². The van der Waals surface area contributed by atoms with Crippen LogP contribution in [0.2, 0.25) is 5.02 Å². The number of ether oxygens (including phenoxy) is 1. The Bertz CT molecular complexity index is 2160. The lowest BCUT2D eigenvalue weighted by molar-refractivity contribution is -0.114. The molecule has 51 heavy (non-hydrogen) atoms. The average Bonchev–Trinajstić information content (AvgIpc) is 3.62. The van der Waals surface area contributed by atoms with Gasteiger partial charge in [-0.2, -0.15) is 0 Å². The van der Waals surface area contributed by atoms with E-state index >= 15 is 0 Å². The van der Waals surface area contributed by atoms with Crippen LogP contribution in [0.3, 0.4) is 0 Å². The van der Waals surface area contributed by atoms with E-state index in [1.165, 1.54) is 23.1 Å². The standard InChI is InChI=1S/C40H31ClN4O4S2/c41-34-17-8-7-16-33(34)36-25-51-40(44-36)45-37(46)26-50-32-15-9-14-30(23-32)42-39(48)35(43-38(47)29-12-5-2-6-13-29)22-27-18-20-31(21-19-27)49-24-28-10-3-1-4-11-28/h1-23,25H,24,26H2,(H,42,48)(H,43,47)(H,44,45,46)/b35-22-. The summed E-state index contributed by atoms with van der Waals surface area (Å²) in [5, 5.41) is 11.4. The molecule has 0 spiro atoms. The largest absolute Gasteiger partial charge is 0.489 e. The predicted octanol–water partition coefficient (Wildman–Crippen LogP) is 9.18. The third-order valence-corrected chi connectivity index (χ3v) is 9.41. The first kappa shape index (κ1) is 35.2. The second-order valence-electron chi connectivity index (χ2n) is 11.1. The van der Waals surface area contributed by atoms with Crippen molar-refractivity contribution >= 4 is 69.3 Å². The highest BCUT2D eigenvalue weighted by molar-refractivity contribution is 8.00. The zero-order valence-corrected chi connectivity index (χ0v) is 29.4. The normalized spacial score (nSPS) is 11.0. The van der Waals surface area contributed by atoms with Crippen LogP contribution >= 0.6 is 34.7 Å². The fourth-order valence-corrected chi connectivity index (χ4v) is 6.51. The molecule has 3 amide bonds. The van der Waals surface area contributed by atoms with Gasteiger partial charge < -0.3 is 20.7 Å². The number of hydrogen-bond donors (Lipinski definition) is 3. The molecule has 254 valence electrons. The maximum atomic E-state index is 13.6. The van der Waals surface area contributed by atoms with E-state index in [1.54, 1.807) is 54.6 Å². The smallest absolute Gasteiger partial charge is 0.272 e. The van der Waals surface area contributed by atoms with Gasteiger partial charge in [-0.3, -0.25) is 14.4 Å². The Balaban J connectivity index is 1.10. The third-order valence-electron chi connectivity index (χ3n) is 7.33. The van der Waals surface area contributed by atoms with Gasteiger partial charge in [0.05, 0.1) is 11.4 Å². The third kappa shape index (κ3) is 10.2. The second kappa shape index (κ2) is 17.3. The molecule has 0 unspecified atom stereocenters. The summed E-state index contributed by atoms with van der Waals surface area (Å²) in [4.78, 5) is 44.7. The zero-order valence-electron chi connectivity index (χ0n) is 27.0. The predicted molar refractivity (Wildman–Crippen MR) is 206 cm³/mol. The van der Waals surface area contributed by atoms with E-state index in [4.69, 9.17) is 16.3 Å². The quantitative estimate of drug-likeness (QED) is 0.0808. The number of anilines is 2. The Labute approximate surface area is 308 Å². The van der Waals surface area contributed by atoms with Crippen LogP contribution in [-0.4, -0.2) is 28.5 Å². The Morgan fingerprint density at radius 3 is 2.29 bits per heavy atom. The van der Waals surface area contributed by atoms with Crippen molar-refractivity contribution in [3.05, 3.63) is 166 Å². The van der Waals surface area contributed by atoms with E-state index in [-0.39, 0.29) is 17.4 Å². The van der Waals surface area contributed by atoms with Crippen LogP contribution in [0.5, 0.6) is 5.75 Å². The van der Waals surface area contributed by atoms with E-state index in [9.17, 15) is 14.4 Å². The number of thiazole rings is 1. The summed E-state index contributed by atoms with van der Waals surface area (Å²) >= 11 is 8.92. The Hall–Kier alpha value is -5.68. The van der Waals surface area contributed by atoms with Crippen LogP contribution in [0.4, 0.5) is 10.8 Å². The lowest BCUT2D eigenvalue weighted by Crippen LogP contribution is -2.30. The molecule has 1 heterocycles. The summed E-state index contributed by atoms with van der Waals surface area (Å²) in [6, 6.07) is 40.3. The molecular weight excluding hydrogens is 700 g/mol. The van der Waals surface area contributed by atoms with Crippen molar-refractivity contribution in [3.8, 4) is 17.0 Å². The minimum atomic E-state index is -0.512. The second-order valence-corrected chi connectivity index (χ2v) is 13.4. The number of rotatable bonds is 13. The maximum Gasteiger partial charge on any atom is 0.272 e. The van der Waals surface area contributed by atoms with Crippen LogP contribution in [0.25, 0.3) is 17.3 Å². The molecule has 6 rings (SSSR count). The molecule has 1 aromatic heterocycles. The number of nitrogens with zero attached hydrogens (tertiary/aromatic N) is 1. The highest BCUT2D eigenvalue weighted by Crippen LogP contribution is 2.30. The van der Waals surface area contributed by atoms with Crippen molar-refractivity contribution in [2.24, 2.45) is 0 Å². The zero-order chi connectivity index (χ0) is 35.4. The molecule has 0 aliphatic carbocycles. The minimum Gasteiger partial charge on any atom is -0.489 e. The first-order valence-electron chi connectivity index (χ1n) is 15.8. The van der Waals surface area contributed by atoms with E-state index in [1.807, 2.05) is 90.3 Å². The van der Waals surface area contributed by atoms with Crippen LogP contribution in [0.15, 0.2) is 149 Å². The molecule has 11 heteroatoms. The molecule has 0 saturated carbocycles. The van der Waals surface area contributed by atoms with Crippen molar-refractivity contribution in [1.29, 1.82) is 0 Å². The summed E-state index contributed by atoms with van der Waals surface area (Å²) < 4.78 is 5.89. The van der Waals surface area contributed by atoms with Crippen LogP contribution < -0.4 is 20.7 Å². The molecule has 0 aliphatic rings. The molecule has 0 aliphatic heterocycles. The lowest BCUT2D eigenvalue weighted by atomic mass is 10.1. The average molecular weight is 731 g/mol. The van der Waals surface area contributed by atoms with Crippen molar-refractivity contribution in [2.75, 3.05) is 16.4 Å². The van der Waals surface area contributed by atoms with Crippen molar-refractivity contribution in [2.45, 2.75) is 11.5 Å². The van der Waals surface area contributed by atoms with Gasteiger partial charge in [0.15, 0.2) is 5.13 Å². The SMILES string of the molecule is O=C(CSc1cccc(NC(=O)/C(=C/c2ccc(OCc3ccccc3)cc2)NC(=O)c2ccccc2)c1)Nc1nc(-c2ccccc2Cl)cs1. The highest BCUT2D eigenvalue weighted by Gasteiger charge is 2.16. The summed E-state index contributed by atoms with van der Waals surface area (Å²) in [5.74, 6) is -0.357. The first-order chi connectivity index (χ1) is 24.9. The van der Waals surface area contributed by atoms with Gasteiger partial charge >= 0.3 is 0 Å². The monoisotopic (exact) mass is 730 g/mol. The number of carbonyl (C=O) groups excluding carboxylic acids is 3. The molecule has 8 nitrogen and oxygen atoms in total. The molecule has 5 aromatic carbocycles. The molecule has 0 radical (unpaired) electrons. The summed E-state index contributed by atoms with van der Waals surface area (Å²) in [6.45, 7) is 0.427. The number of nitrogens with one attached hydrogen (secondary N) is 3. The number of carbonyl (C=O) groups is 3. The summed E-state index contributed by atoms with van der Waals surface area (Å²) in [7, 11) is 0. The fourth-order valence-electron chi connectivity index (χ4n) is 4.80. The van der Waals surface area contributed by atoms with Gasteiger partial charge in [0.25, 0.3) is 11.8 Å². The van der Waals surface area contributed by atoms with Gasteiger partial charge in [0.1, 0.15) is 18.1 Å². The van der Waals surface area contributed by atoms with E-state index in [0.29, 0.717) is 45.0 Å². The van der Waals surface area contributed by atoms with Gasteiger partial charge in [-0.25, -0.2) is 4.98 Å². The minimum absolute atomic E-state index is 0.0545. The van der Waals surface area contributed by atoms with Crippen molar-refractivity contribution in [3.63, 3.8) is 0 Å². The number of aromatic nitrogens is 1. The molecule has 0 saturated heterocycles. The van der Waals surface area contributed by atoms with Gasteiger partial charge in [0.2, 0.25) is 5.91 Å². The lowest BCUT2D eigenvalue weighted by Gasteiger charge is -2.12. The molecule has 0 bridgehead atoms. The Morgan fingerprint density at radius 1 is 0.804 bits per heavy atom. The number of amides is 3. The topological polar surface area (TPSA) is 109 Å². The molecule has 0 atom stereocenters. The van der Waals surface area contributed by atoms with Gasteiger partial charge in [-0.15, -0.1) is 23.1 Å². The Morgan fingerprint density at radius 2 is 1.53 bits per heavy atom. The van der Waals surface area contributed by atoms with E-state index in [0.717, 1.165) is 16.0 Å². The van der Waals surface area contributed by atoms with Crippen LogP contribution in [0, 0.1) is 0 Å². The van der Waals surface area contributed by atoms with Crippen molar-refractivity contribution < 1.29 is 19.1 Å². The van der Waals surface area contributed by atoms with E-state index < -0.39 is 11.8 Å². The Kier molecular flexibility index (Phi) is 11.9. The number of thioether (sulfide) groups is 1. The maximum absolute atomic E-state index is 13.6. The van der Waals surface area contributed by atoms with Crippen LogP contribution in [-0.2, 0) is 16.2 Å². The van der Waals surface area contributed by atoms with Gasteiger partial charge in [-0.1, -0.05) is 96.5 Å². The fraction of sp³-hybridized carbons (Fsp3) is 0.0500. The molecule has 6 aromatic rings. The highest BCUT2D eigenvalue weighted by atomic mass is 35.5. The molecular formula is C40H31ClN4O4S2. The molecule has 3 N–H and O–H groups in total. The molecule has 0 fully saturated rings. The van der Waals surface area contributed by atoms with E-state index in [2.05, 4.69) is 20.9 Å². The number of hydrogen-bond acceptors (Lipinski definition) is 7. The number of benzene rings is 5.